The Kier molecular flexibility index (Phi) is 5.24. The van der Waals surface area contributed by atoms with Gasteiger partial charge < -0.3 is 14.6 Å². The van der Waals surface area contributed by atoms with Gasteiger partial charge in [0.2, 0.25) is 0 Å². The molecule has 1 atom stereocenters. The molecule has 0 aliphatic carbocycles. The minimum absolute atomic E-state index is 0.464. The van der Waals surface area contributed by atoms with Gasteiger partial charge in [0.15, 0.2) is 9.86 Å². The summed E-state index contributed by atoms with van der Waals surface area (Å²) in [5.41, 5.74) is 1.67. The number of pyridine rings is 1. The van der Waals surface area contributed by atoms with Gasteiger partial charge in [-0.1, -0.05) is 18.2 Å². The van der Waals surface area contributed by atoms with Gasteiger partial charge in [0.05, 0.1) is 5.52 Å². The predicted octanol–water partition coefficient (Wildman–Crippen LogP) is 1.66. The van der Waals surface area contributed by atoms with Gasteiger partial charge in [-0.3, -0.25) is 4.98 Å². The van der Waals surface area contributed by atoms with Gasteiger partial charge in [-0.05, 0) is 54.1 Å². The molecule has 3 aromatic carbocycles. The van der Waals surface area contributed by atoms with Gasteiger partial charge in [0.25, 0.3) is 22.6 Å². The summed E-state index contributed by atoms with van der Waals surface area (Å²) in [6.07, 6.45) is 0.864. The van der Waals surface area contributed by atoms with Crippen LogP contribution in [0.1, 0.15) is 18.8 Å². The molecule has 0 saturated heterocycles. The third-order valence-corrected chi connectivity index (χ3v) is 5.07. The first-order valence-corrected chi connectivity index (χ1v) is 9.87. The fourth-order valence-corrected chi connectivity index (χ4v) is 3.54. The smallest absolute Gasteiger partial charge is 0.296 e. The lowest BCUT2D eigenvalue weighted by Gasteiger charge is -2.12. The average Bonchev–Trinajstić information content (AvgIpc) is 2.67. The highest BCUT2D eigenvalue weighted by Gasteiger charge is 2.10. The fourth-order valence-electron chi connectivity index (χ4n) is 3.03. The first-order valence-electron chi connectivity index (χ1n) is 8.71. The van der Waals surface area contributed by atoms with Crippen LogP contribution in [0.3, 0.4) is 0 Å². The van der Waals surface area contributed by atoms with Crippen molar-refractivity contribution in [1.82, 2.24) is 4.98 Å². The van der Waals surface area contributed by atoms with E-state index in [1.54, 1.807) is 6.20 Å². The maximum absolute atomic E-state index is 10.00. The minimum Gasteiger partial charge on any atom is -0.457 e. The van der Waals surface area contributed by atoms with Gasteiger partial charge in [0, 0.05) is 29.8 Å². The van der Waals surface area contributed by atoms with Crippen LogP contribution in [0, 0.1) is 3.57 Å². The van der Waals surface area contributed by atoms with Crippen LogP contribution in [0.25, 0.3) is 21.7 Å². The maximum atomic E-state index is 10.00. The second-order valence-electron chi connectivity index (χ2n) is 6.17. The summed E-state index contributed by atoms with van der Waals surface area (Å²) in [5.74, 6) is 1.54. The number of hydrogen-bond donors (Lipinski definition) is 1. The van der Waals surface area contributed by atoms with Crippen LogP contribution in [0.15, 0.2) is 66.9 Å². The molecule has 136 valence electrons. The van der Waals surface area contributed by atoms with E-state index in [-0.39, 0.29) is 0 Å². The molecule has 1 heterocycles. The molecule has 0 radical (unpaired) electrons. The molecule has 0 saturated carbocycles. The number of ether oxygens (including phenoxy) is 2. The Bertz CT molecular complexity index is 1110. The average molecular weight is 472 g/mol. The van der Waals surface area contributed by atoms with Crippen molar-refractivity contribution in [2.45, 2.75) is 13.2 Å². The van der Waals surface area contributed by atoms with E-state index in [1.807, 2.05) is 78.0 Å². The van der Waals surface area contributed by atoms with E-state index >= 15 is 0 Å². The first kappa shape index (κ1) is 18.2. The van der Waals surface area contributed by atoms with E-state index in [1.165, 1.54) is 3.57 Å². The molecule has 1 unspecified atom stereocenters. The highest BCUT2D eigenvalue weighted by molar-refractivity contribution is 5.86. The van der Waals surface area contributed by atoms with E-state index in [9.17, 15) is 5.11 Å². The van der Waals surface area contributed by atoms with Crippen LogP contribution in [0.4, 0.5) is 0 Å². The standard InChI is InChI=1S/C22H19INO3/c1-2-26-22(25)16-4-3-15-12-18(7-5-14(15)11-16)27-21-9-10-24-20-13-17(23)6-8-19(20)21/h3-13,22-23,25H,2H2,1H3/q+1. The molecule has 4 nitrogen and oxygen atoms in total. The van der Waals surface area contributed by atoms with E-state index in [0.717, 1.165) is 38.7 Å². The summed E-state index contributed by atoms with van der Waals surface area (Å²) in [6.45, 7) is 2.32. The quantitative estimate of drug-likeness (QED) is 0.355. The molecule has 5 heteroatoms. The van der Waals surface area contributed by atoms with Crippen molar-refractivity contribution in [3.63, 3.8) is 0 Å². The third kappa shape index (κ3) is 3.90. The predicted molar refractivity (Wildman–Crippen MR) is 102 cm³/mol. The molecule has 0 amide bonds. The Hall–Kier alpha value is -2.22. The molecule has 1 N–H and O–H groups in total. The van der Waals surface area contributed by atoms with Gasteiger partial charge in [-0.2, -0.15) is 0 Å². The largest absolute Gasteiger partial charge is 0.457 e. The van der Waals surface area contributed by atoms with E-state index < -0.39 is 6.29 Å². The monoisotopic (exact) mass is 472 g/mol. The number of benzene rings is 3. The van der Waals surface area contributed by atoms with Crippen LogP contribution >= 0.6 is 0 Å². The van der Waals surface area contributed by atoms with Crippen LogP contribution in [0.2, 0.25) is 0 Å². The van der Waals surface area contributed by atoms with Crippen molar-refractivity contribution in [3.05, 3.63) is 76.0 Å². The van der Waals surface area contributed by atoms with E-state index in [4.69, 9.17) is 9.47 Å². The number of rotatable bonds is 5. The number of aromatic nitrogens is 1. The molecular formula is C22H19INO3+. The van der Waals surface area contributed by atoms with Crippen LogP contribution < -0.4 is 27.3 Å². The highest BCUT2D eigenvalue weighted by Crippen LogP contribution is 2.31. The molecule has 4 rings (SSSR count). The second-order valence-corrected chi connectivity index (χ2v) is 7.51. The number of aliphatic hydroxyl groups excluding tert-OH is 1. The lowest BCUT2D eigenvalue weighted by Crippen LogP contribution is -3.34. The summed E-state index contributed by atoms with van der Waals surface area (Å²) < 4.78 is 12.6. The number of aliphatic hydroxyl groups is 1. The summed E-state index contributed by atoms with van der Waals surface area (Å²) >= 11 is 1.97. The molecular weight excluding hydrogens is 453 g/mol. The zero-order valence-electron chi connectivity index (χ0n) is 14.8. The molecule has 4 aromatic rings. The second kappa shape index (κ2) is 7.80. The Morgan fingerprint density at radius 3 is 2.67 bits per heavy atom. The summed E-state index contributed by atoms with van der Waals surface area (Å²) in [6, 6.07) is 19.7. The maximum Gasteiger partial charge on any atom is 0.296 e. The van der Waals surface area contributed by atoms with Crippen molar-refractivity contribution in [3.8, 4) is 11.5 Å². The third-order valence-electron chi connectivity index (χ3n) is 4.35. The molecule has 27 heavy (non-hydrogen) atoms. The topological polar surface area (TPSA) is 51.6 Å². The molecule has 1 aromatic heterocycles. The highest BCUT2D eigenvalue weighted by atomic mass is 127. The van der Waals surface area contributed by atoms with Gasteiger partial charge in [-0.25, -0.2) is 0 Å². The number of nitrogens with zero attached hydrogens (tertiary/aromatic N) is 1. The van der Waals surface area contributed by atoms with E-state index in [0.29, 0.717) is 6.61 Å². The SMILES string of the molecule is CCOC(O)c1ccc2cc(Oc3ccnc4cc([IH+])ccc34)ccc2c1. The van der Waals surface area contributed by atoms with Crippen molar-refractivity contribution < 1.29 is 37.2 Å². The van der Waals surface area contributed by atoms with Crippen LogP contribution in [-0.2, 0) is 4.74 Å². The number of hydrogen-bond acceptors (Lipinski definition) is 4. The minimum atomic E-state index is -0.901. The van der Waals surface area contributed by atoms with Crippen molar-refractivity contribution in [2.24, 2.45) is 0 Å². The Morgan fingerprint density at radius 1 is 1.00 bits per heavy atom. The van der Waals surface area contributed by atoms with Gasteiger partial charge in [-0.15, -0.1) is 0 Å². The Balaban J connectivity index is 1.66. The molecule has 0 spiro atoms. The first-order chi connectivity index (χ1) is 13.1. The van der Waals surface area contributed by atoms with Crippen molar-refractivity contribution >= 4 is 21.7 Å². The summed E-state index contributed by atoms with van der Waals surface area (Å²) in [5, 5.41) is 13.0. The molecule has 0 bridgehead atoms. The lowest BCUT2D eigenvalue weighted by atomic mass is 10.1. The van der Waals surface area contributed by atoms with E-state index in [2.05, 4.69) is 17.1 Å². The zero-order valence-corrected chi connectivity index (χ0v) is 17.1. The zero-order chi connectivity index (χ0) is 18.8. The van der Waals surface area contributed by atoms with Crippen molar-refractivity contribution in [1.29, 1.82) is 0 Å². The van der Waals surface area contributed by atoms with Gasteiger partial charge >= 0.3 is 0 Å². The summed E-state index contributed by atoms with van der Waals surface area (Å²) in [7, 11) is 0. The summed E-state index contributed by atoms with van der Waals surface area (Å²) in [4.78, 5) is 4.42. The number of fused-ring (bicyclic) bond motifs is 2. The van der Waals surface area contributed by atoms with Gasteiger partial charge in [0.1, 0.15) is 11.5 Å². The normalized spacial score (nSPS) is 12.4. The van der Waals surface area contributed by atoms with Crippen LogP contribution in [0.5, 0.6) is 11.5 Å². The number of halogens is 1. The Labute approximate surface area is 170 Å². The molecule has 0 aliphatic rings. The van der Waals surface area contributed by atoms with Crippen LogP contribution in [-0.4, -0.2) is 16.7 Å². The Morgan fingerprint density at radius 2 is 1.81 bits per heavy atom. The fraction of sp³-hybridized carbons (Fsp3) is 0.136. The van der Waals surface area contributed by atoms with Crippen molar-refractivity contribution in [2.75, 3.05) is 6.61 Å². The lowest BCUT2D eigenvalue weighted by molar-refractivity contribution is -0.328. The molecule has 0 aliphatic heterocycles. The molecule has 0 fully saturated rings.